The number of para-hydroxylation sites is 1. The van der Waals surface area contributed by atoms with Crippen LogP contribution in [0.15, 0.2) is 126 Å². The van der Waals surface area contributed by atoms with Gasteiger partial charge in [-0.15, -0.1) is 0 Å². The molecule has 0 amide bonds. The highest BCUT2D eigenvalue weighted by atomic mass is 32.2. The van der Waals surface area contributed by atoms with Gasteiger partial charge in [-0.3, -0.25) is 0 Å². The van der Waals surface area contributed by atoms with Gasteiger partial charge in [0.1, 0.15) is 24.4 Å². The molecule has 5 aromatic rings. The van der Waals surface area contributed by atoms with E-state index >= 15 is 0 Å². The predicted molar refractivity (Wildman–Crippen MR) is 191 cm³/mol. The molecule has 2 heterocycles. The van der Waals surface area contributed by atoms with Crippen LogP contribution in [0.2, 0.25) is 0 Å². The molecule has 1 saturated heterocycles. The maximum absolute atomic E-state index is 13.6. The molecule has 5 atom stereocenters. The molecular weight excluding hydrogens is 659 g/mol. The smallest absolute Gasteiger partial charge is 0.268 e. The SMILES string of the molecule is CC(C)(C)OC[C@H]1O[C@@H](OCCc2cn(S(=O)(=O)c3ccccc3)c3ccccc23)[C@H](O[SiH](c2ccccc2)c2ccccc2)[C@@H](O)[C@@H]1O. The van der Waals surface area contributed by atoms with Gasteiger partial charge in [0.2, 0.25) is 9.04 Å². The lowest BCUT2D eigenvalue weighted by molar-refractivity contribution is -0.300. The van der Waals surface area contributed by atoms with Crippen LogP contribution in [0.3, 0.4) is 0 Å². The maximum atomic E-state index is 13.6. The molecule has 2 N–H and O–H groups in total. The van der Waals surface area contributed by atoms with Crippen LogP contribution < -0.4 is 10.4 Å². The van der Waals surface area contributed by atoms with Gasteiger partial charge < -0.3 is 28.8 Å². The summed E-state index contributed by atoms with van der Waals surface area (Å²) in [5.41, 5.74) is 0.844. The fraction of sp³-hybridized carbons (Fsp3) is 0.316. The summed E-state index contributed by atoms with van der Waals surface area (Å²) >= 11 is 0. The van der Waals surface area contributed by atoms with E-state index in [1.54, 1.807) is 42.6 Å². The third-order valence-electron chi connectivity index (χ3n) is 8.54. The third kappa shape index (κ3) is 8.06. The van der Waals surface area contributed by atoms with Gasteiger partial charge in [0, 0.05) is 11.6 Å². The number of aliphatic hydroxyl groups is 2. The average molecular weight is 702 g/mol. The van der Waals surface area contributed by atoms with Crippen LogP contribution in [-0.2, 0) is 35.1 Å². The summed E-state index contributed by atoms with van der Waals surface area (Å²) in [6.07, 6.45) is -3.55. The lowest BCUT2D eigenvalue weighted by Crippen LogP contribution is -2.63. The van der Waals surface area contributed by atoms with Crippen molar-refractivity contribution < 1.29 is 37.3 Å². The van der Waals surface area contributed by atoms with E-state index in [2.05, 4.69) is 0 Å². The second-order valence-corrected chi connectivity index (χ2v) is 17.3. The Morgan fingerprint density at radius 1 is 0.796 bits per heavy atom. The van der Waals surface area contributed by atoms with Gasteiger partial charge in [-0.25, -0.2) is 12.4 Å². The Morgan fingerprint density at radius 2 is 1.37 bits per heavy atom. The van der Waals surface area contributed by atoms with Crippen molar-refractivity contribution in [3.05, 3.63) is 127 Å². The number of hydrogen-bond acceptors (Lipinski definition) is 8. The molecule has 0 bridgehead atoms. The zero-order valence-corrected chi connectivity index (χ0v) is 29.8. The number of benzene rings is 4. The molecule has 0 radical (unpaired) electrons. The quantitative estimate of drug-likeness (QED) is 0.190. The Balaban J connectivity index is 1.28. The van der Waals surface area contributed by atoms with Crippen LogP contribution in [0.25, 0.3) is 10.9 Å². The number of nitrogens with zero attached hydrogens (tertiary/aromatic N) is 1. The Kier molecular flexibility index (Phi) is 10.8. The lowest BCUT2D eigenvalue weighted by atomic mass is 9.99. The number of aliphatic hydroxyl groups excluding tert-OH is 2. The first-order valence-corrected chi connectivity index (χ1v) is 19.5. The number of hydrogen-bond donors (Lipinski definition) is 2. The molecule has 9 nitrogen and oxygen atoms in total. The van der Waals surface area contributed by atoms with Crippen LogP contribution >= 0.6 is 0 Å². The second kappa shape index (κ2) is 15.1. The molecule has 49 heavy (non-hydrogen) atoms. The molecule has 258 valence electrons. The zero-order valence-electron chi connectivity index (χ0n) is 27.8. The molecule has 1 aliphatic rings. The molecule has 0 spiro atoms. The summed E-state index contributed by atoms with van der Waals surface area (Å²) in [4.78, 5) is 0.195. The van der Waals surface area contributed by atoms with Crippen molar-refractivity contribution in [2.75, 3.05) is 13.2 Å². The minimum Gasteiger partial charge on any atom is -0.400 e. The molecule has 0 unspecified atom stereocenters. The first kappa shape index (κ1) is 35.2. The van der Waals surface area contributed by atoms with Crippen molar-refractivity contribution in [1.29, 1.82) is 0 Å². The molecule has 4 aromatic carbocycles. The first-order chi connectivity index (χ1) is 23.5. The number of aromatic nitrogens is 1. The van der Waals surface area contributed by atoms with Crippen LogP contribution in [-0.4, -0.2) is 81.2 Å². The fourth-order valence-electron chi connectivity index (χ4n) is 6.02. The van der Waals surface area contributed by atoms with E-state index in [1.165, 1.54) is 3.97 Å². The molecule has 11 heteroatoms. The number of ether oxygens (including phenoxy) is 3. The third-order valence-corrected chi connectivity index (χ3v) is 12.8. The summed E-state index contributed by atoms with van der Waals surface area (Å²) in [5, 5.41) is 25.6. The second-order valence-electron chi connectivity index (χ2n) is 13.2. The molecule has 1 aromatic heterocycles. The molecule has 0 saturated carbocycles. The Hall–Kier alpha value is -3.65. The summed E-state index contributed by atoms with van der Waals surface area (Å²) in [6, 6.07) is 35.4. The summed E-state index contributed by atoms with van der Waals surface area (Å²) in [7, 11) is -6.24. The average Bonchev–Trinajstić information content (AvgIpc) is 3.49. The zero-order chi connectivity index (χ0) is 34.6. The van der Waals surface area contributed by atoms with Crippen molar-refractivity contribution in [3.63, 3.8) is 0 Å². The minimum atomic E-state index is -3.84. The van der Waals surface area contributed by atoms with Gasteiger partial charge in [-0.1, -0.05) is 97.1 Å². The molecule has 6 rings (SSSR count). The van der Waals surface area contributed by atoms with Crippen LogP contribution in [0.4, 0.5) is 0 Å². The van der Waals surface area contributed by atoms with E-state index < -0.39 is 55.4 Å². The Morgan fingerprint density at radius 3 is 1.98 bits per heavy atom. The van der Waals surface area contributed by atoms with Gasteiger partial charge >= 0.3 is 0 Å². The van der Waals surface area contributed by atoms with E-state index in [4.69, 9.17) is 18.6 Å². The Labute approximate surface area is 289 Å². The van der Waals surface area contributed by atoms with Gasteiger partial charge in [0.05, 0.1) is 29.2 Å². The highest BCUT2D eigenvalue weighted by Crippen LogP contribution is 2.29. The molecule has 1 fully saturated rings. The highest BCUT2D eigenvalue weighted by molar-refractivity contribution is 7.90. The van der Waals surface area contributed by atoms with Crippen molar-refractivity contribution in [2.24, 2.45) is 0 Å². The molecule has 1 aliphatic heterocycles. The fourth-order valence-corrected chi connectivity index (χ4v) is 9.88. The first-order valence-electron chi connectivity index (χ1n) is 16.4. The van der Waals surface area contributed by atoms with Crippen LogP contribution in [0.1, 0.15) is 26.3 Å². The molecular formula is C38H43NO8SSi. The van der Waals surface area contributed by atoms with Crippen molar-refractivity contribution in [1.82, 2.24) is 3.97 Å². The summed E-state index contributed by atoms with van der Waals surface area (Å²) in [5.74, 6) is 0. The summed E-state index contributed by atoms with van der Waals surface area (Å²) < 4.78 is 54.0. The maximum Gasteiger partial charge on any atom is 0.268 e. The predicted octanol–water partition coefficient (Wildman–Crippen LogP) is 3.62. The normalized spacial score (nSPS) is 21.7. The van der Waals surface area contributed by atoms with Crippen molar-refractivity contribution >= 4 is 40.3 Å². The van der Waals surface area contributed by atoms with E-state index in [0.717, 1.165) is 21.3 Å². The topological polar surface area (TPSA) is 116 Å². The minimum absolute atomic E-state index is 0.0391. The van der Waals surface area contributed by atoms with Crippen molar-refractivity contribution in [2.45, 2.75) is 68.4 Å². The van der Waals surface area contributed by atoms with Gasteiger partial charge in [0.25, 0.3) is 10.0 Å². The van der Waals surface area contributed by atoms with Crippen LogP contribution in [0.5, 0.6) is 0 Å². The van der Waals surface area contributed by atoms with Crippen molar-refractivity contribution in [3.8, 4) is 0 Å². The monoisotopic (exact) mass is 701 g/mol. The number of fused-ring (bicyclic) bond motifs is 1. The molecule has 0 aliphatic carbocycles. The van der Waals surface area contributed by atoms with E-state index in [9.17, 15) is 18.6 Å². The van der Waals surface area contributed by atoms with Gasteiger partial charge in [0.15, 0.2) is 6.29 Å². The standard InChI is InChI=1S/C38H43NO8SSi/c1-38(2,3)45-26-33-34(40)35(41)36(47-49(29-17-9-5-10-18-29)30-19-11-6-12-20-30)37(46-33)44-24-23-27-25-39(32-22-14-13-21-31(27)32)48(42,43)28-15-7-4-8-16-28/h4-22,25,33-37,40-41,49H,23-24,26H2,1-3H3/t33-,34-,35+,36-,37-/m1/s1. The van der Waals surface area contributed by atoms with Gasteiger partial charge in [-0.05, 0) is 61.3 Å². The van der Waals surface area contributed by atoms with Gasteiger partial charge in [-0.2, -0.15) is 0 Å². The highest BCUT2D eigenvalue weighted by Gasteiger charge is 2.47. The largest absolute Gasteiger partial charge is 0.400 e. The Bertz CT molecular complexity index is 1880. The van der Waals surface area contributed by atoms with Crippen LogP contribution in [0, 0.1) is 0 Å². The van der Waals surface area contributed by atoms with E-state index in [-0.39, 0.29) is 18.1 Å². The summed E-state index contributed by atoms with van der Waals surface area (Å²) in [6.45, 7) is 5.88. The van der Waals surface area contributed by atoms with E-state index in [1.807, 2.05) is 99.6 Å². The van der Waals surface area contributed by atoms with E-state index in [0.29, 0.717) is 11.9 Å². The lowest BCUT2D eigenvalue weighted by Gasteiger charge is -2.44. The number of rotatable bonds is 12.